The van der Waals surface area contributed by atoms with Gasteiger partial charge in [-0.3, -0.25) is 5.32 Å². The van der Waals surface area contributed by atoms with Crippen LogP contribution < -0.4 is 15.8 Å². The molecule has 0 aliphatic rings. The van der Waals surface area contributed by atoms with E-state index in [0.717, 1.165) is 0 Å². The van der Waals surface area contributed by atoms with E-state index in [1.165, 1.54) is 12.0 Å². The van der Waals surface area contributed by atoms with Crippen LogP contribution in [0.1, 0.15) is 0 Å². The summed E-state index contributed by atoms with van der Waals surface area (Å²) in [7, 11) is 4.80. The average Bonchev–Trinajstić information content (AvgIpc) is 2.16. The molecule has 1 aromatic rings. The van der Waals surface area contributed by atoms with Crippen LogP contribution >= 0.6 is 0 Å². The van der Waals surface area contributed by atoms with Crippen molar-refractivity contribution in [3.8, 4) is 5.75 Å². The van der Waals surface area contributed by atoms with Crippen molar-refractivity contribution < 1.29 is 9.53 Å². The standard InChI is InChI=1S/C9H14N4O2/c1-13(2)9(14)12-8-5-6(15-3)4-7(10)11-8/h4-5H,1-3H3,(H3,10,11,12,14). The van der Waals surface area contributed by atoms with Gasteiger partial charge in [-0.15, -0.1) is 0 Å². The highest BCUT2D eigenvalue weighted by molar-refractivity contribution is 5.88. The number of hydrogen-bond acceptors (Lipinski definition) is 4. The summed E-state index contributed by atoms with van der Waals surface area (Å²) in [5.41, 5.74) is 5.53. The van der Waals surface area contributed by atoms with Gasteiger partial charge in [-0.05, 0) is 0 Å². The lowest BCUT2D eigenvalue weighted by Crippen LogP contribution is -2.27. The Morgan fingerprint density at radius 3 is 2.73 bits per heavy atom. The molecular formula is C9H14N4O2. The van der Waals surface area contributed by atoms with Crippen LogP contribution in [0.3, 0.4) is 0 Å². The molecule has 0 aliphatic carbocycles. The third-order valence-corrected chi connectivity index (χ3v) is 1.70. The van der Waals surface area contributed by atoms with Crippen LogP contribution in [0.2, 0.25) is 0 Å². The predicted octanol–water partition coefficient (Wildman–Crippen LogP) is 0.766. The van der Waals surface area contributed by atoms with Gasteiger partial charge in [-0.2, -0.15) is 0 Å². The average molecular weight is 210 g/mol. The summed E-state index contributed by atoms with van der Waals surface area (Å²) in [6.07, 6.45) is 0. The van der Waals surface area contributed by atoms with E-state index >= 15 is 0 Å². The van der Waals surface area contributed by atoms with Gasteiger partial charge < -0.3 is 15.4 Å². The minimum absolute atomic E-state index is 0.268. The highest BCUT2D eigenvalue weighted by atomic mass is 16.5. The third-order valence-electron chi connectivity index (χ3n) is 1.70. The van der Waals surface area contributed by atoms with Gasteiger partial charge in [0.25, 0.3) is 0 Å². The topological polar surface area (TPSA) is 80.5 Å². The molecule has 1 heterocycles. The number of anilines is 2. The number of carbonyl (C=O) groups is 1. The SMILES string of the molecule is COc1cc(N)nc(NC(=O)N(C)C)c1. The fourth-order valence-corrected chi connectivity index (χ4v) is 0.929. The molecule has 0 unspecified atom stereocenters. The Bertz CT molecular complexity index is 365. The van der Waals surface area contributed by atoms with E-state index in [1.54, 1.807) is 26.2 Å². The molecule has 0 aromatic carbocycles. The summed E-state index contributed by atoms with van der Waals surface area (Å²) in [6, 6.07) is 2.90. The molecule has 0 spiro atoms. The molecule has 1 rings (SSSR count). The van der Waals surface area contributed by atoms with Crippen LogP contribution in [-0.2, 0) is 0 Å². The number of nitrogens with one attached hydrogen (secondary N) is 1. The first-order chi connectivity index (χ1) is 7.02. The first-order valence-electron chi connectivity index (χ1n) is 4.33. The number of urea groups is 1. The predicted molar refractivity (Wildman–Crippen MR) is 57.9 cm³/mol. The molecule has 0 atom stereocenters. The van der Waals surface area contributed by atoms with Crippen molar-refractivity contribution in [2.45, 2.75) is 0 Å². The molecule has 82 valence electrons. The highest BCUT2D eigenvalue weighted by Gasteiger charge is 2.06. The normalized spacial score (nSPS) is 9.53. The molecule has 15 heavy (non-hydrogen) atoms. The second-order valence-electron chi connectivity index (χ2n) is 3.14. The Labute approximate surface area is 88.0 Å². The first-order valence-corrected chi connectivity index (χ1v) is 4.33. The zero-order valence-electron chi connectivity index (χ0n) is 8.94. The number of ether oxygens (including phenoxy) is 1. The quantitative estimate of drug-likeness (QED) is 0.755. The largest absolute Gasteiger partial charge is 0.496 e. The van der Waals surface area contributed by atoms with Crippen molar-refractivity contribution >= 4 is 17.7 Å². The molecule has 6 heteroatoms. The number of nitrogen functional groups attached to an aromatic ring is 1. The number of rotatable bonds is 2. The smallest absolute Gasteiger partial charge is 0.322 e. The van der Waals surface area contributed by atoms with Crippen molar-refractivity contribution in [3.05, 3.63) is 12.1 Å². The molecule has 0 fully saturated rings. The van der Waals surface area contributed by atoms with E-state index in [-0.39, 0.29) is 6.03 Å². The number of pyridine rings is 1. The van der Waals surface area contributed by atoms with Crippen LogP contribution in [0.15, 0.2) is 12.1 Å². The molecule has 0 aliphatic heterocycles. The lowest BCUT2D eigenvalue weighted by atomic mass is 10.4. The van der Waals surface area contributed by atoms with E-state index in [1.807, 2.05) is 0 Å². The van der Waals surface area contributed by atoms with E-state index < -0.39 is 0 Å². The Balaban J connectivity index is 2.85. The highest BCUT2D eigenvalue weighted by Crippen LogP contribution is 2.18. The van der Waals surface area contributed by atoms with E-state index in [0.29, 0.717) is 17.4 Å². The van der Waals surface area contributed by atoms with Crippen LogP contribution in [0.5, 0.6) is 5.75 Å². The fourth-order valence-electron chi connectivity index (χ4n) is 0.929. The van der Waals surface area contributed by atoms with E-state index in [2.05, 4.69) is 10.3 Å². The minimum Gasteiger partial charge on any atom is -0.496 e. The molecule has 0 saturated carbocycles. The number of carbonyl (C=O) groups excluding carboxylic acids is 1. The summed E-state index contributed by atoms with van der Waals surface area (Å²) in [4.78, 5) is 16.7. The van der Waals surface area contributed by atoms with Crippen molar-refractivity contribution in [3.63, 3.8) is 0 Å². The van der Waals surface area contributed by atoms with Gasteiger partial charge in [0.15, 0.2) is 0 Å². The molecule has 1 aromatic heterocycles. The van der Waals surface area contributed by atoms with Gasteiger partial charge in [0.1, 0.15) is 17.4 Å². The maximum Gasteiger partial charge on any atom is 0.322 e. The van der Waals surface area contributed by atoms with E-state index in [4.69, 9.17) is 10.5 Å². The number of nitrogens with two attached hydrogens (primary N) is 1. The maximum atomic E-state index is 11.3. The Morgan fingerprint density at radius 2 is 2.20 bits per heavy atom. The van der Waals surface area contributed by atoms with Crippen molar-refractivity contribution in [1.82, 2.24) is 9.88 Å². The zero-order valence-corrected chi connectivity index (χ0v) is 8.94. The first kappa shape index (κ1) is 11.1. The van der Waals surface area contributed by atoms with Crippen LogP contribution in [0, 0.1) is 0 Å². The lowest BCUT2D eigenvalue weighted by Gasteiger charge is -2.12. The Morgan fingerprint density at radius 1 is 1.53 bits per heavy atom. The number of methoxy groups -OCH3 is 1. The monoisotopic (exact) mass is 210 g/mol. The molecule has 0 bridgehead atoms. The molecule has 0 radical (unpaired) electrons. The number of nitrogens with zero attached hydrogens (tertiary/aromatic N) is 2. The molecular weight excluding hydrogens is 196 g/mol. The summed E-state index contributed by atoms with van der Waals surface area (Å²) < 4.78 is 4.99. The second kappa shape index (κ2) is 4.50. The molecule has 6 nitrogen and oxygen atoms in total. The van der Waals surface area contributed by atoms with Gasteiger partial charge in [0.05, 0.1) is 7.11 Å². The van der Waals surface area contributed by atoms with Gasteiger partial charge in [0.2, 0.25) is 0 Å². The maximum absolute atomic E-state index is 11.3. The zero-order chi connectivity index (χ0) is 11.4. The third kappa shape index (κ3) is 3.01. The fraction of sp³-hybridized carbons (Fsp3) is 0.333. The molecule has 2 amide bonds. The van der Waals surface area contributed by atoms with Crippen LogP contribution in [0.4, 0.5) is 16.4 Å². The van der Waals surface area contributed by atoms with Gasteiger partial charge >= 0.3 is 6.03 Å². The minimum atomic E-state index is -0.268. The van der Waals surface area contributed by atoms with Gasteiger partial charge in [-0.25, -0.2) is 9.78 Å². The molecule has 3 N–H and O–H groups in total. The number of hydrogen-bond donors (Lipinski definition) is 2. The molecule has 0 saturated heterocycles. The number of aromatic nitrogens is 1. The van der Waals surface area contributed by atoms with Crippen molar-refractivity contribution in [2.75, 3.05) is 32.3 Å². The second-order valence-corrected chi connectivity index (χ2v) is 3.14. The Kier molecular flexibility index (Phi) is 3.33. The number of amides is 2. The van der Waals surface area contributed by atoms with Crippen molar-refractivity contribution in [1.29, 1.82) is 0 Å². The summed E-state index contributed by atoms with van der Waals surface area (Å²) >= 11 is 0. The van der Waals surface area contributed by atoms with Crippen LogP contribution in [0.25, 0.3) is 0 Å². The summed E-state index contributed by atoms with van der Waals surface area (Å²) in [6.45, 7) is 0. The Hall–Kier alpha value is -1.98. The lowest BCUT2D eigenvalue weighted by molar-refractivity contribution is 0.230. The van der Waals surface area contributed by atoms with Crippen LogP contribution in [-0.4, -0.2) is 37.1 Å². The van der Waals surface area contributed by atoms with Gasteiger partial charge in [-0.1, -0.05) is 0 Å². The van der Waals surface area contributed by atoms with Gasteiger partial charge in [0, 0.05) is 26.2 Å². The summed E-state index contributed by atoms with van der Waals surface area (Å²) in [5, 5.41) is 2.57. The van der Waals surface area contributed by atoms with Crippen molar-refractivity contribution in [2.24, 2.45) is 0 Å². The van der Waals surface area contributed by atoms with E-state index in [9.17, 15) is 4.79 Å². The summed E-state index contributed by atoms with van der Waals surface area (Å²) in [5.74, 6) is 1.21.